The Morgan fingerprint density at radius 2 is 1.89 bits per heavy atom. The molecule has 0 aliphatic heterocycles. The number of rotatable bonds is 6. The van der Waals surface area contributed by atoms with Crippen molar-refractivity contribution in [2.45, 2.75) is 44.9 Å². The molecule has 5 heteroatoms. The van der Waals surface area contributed by atoms with Gasteiger partial charge in [0.15, 0.2) is 0 Å². The molecule has 19 heavy (non-hydrogen) atoms. The van der Waals surface area contributed by atoms with Gasteiger partial charge in [0, 0.05) is 19.5 Å². The minimum Gasteiger partial charge on any atom is -0.481 e. The van der Waals surface area contributed by atoms with Crippen molar-refractivity contribution in [1.82, 2.24) is 10.6 Å². The van der Waals surface area contributed by atoms with E-state index in [0.29, 0.717) is 19.5 Å². The van der Waals surface area contributed by atoms with Crippen molar-refractivity contribution in [1.29, 1.82) is 0 Å². The first-order chi connectivity index (χ1) is 9.08. The fourth-order valence-electron chi connectivity index (χ4n) is 2.62. The molecule has 1 aliphatic carbocycles. The molecule has 5 nitrogen and oxygen atoms in total. The lowest BCUT2D eigenvalue weighted by Gasteiger charge is -2.36. The maximum atomic E-state index is 11.6. The Hall–Kier alpha value is -1.70. The lowest BCUT2D eigenvalue weighted by molar-refractivity contribution is -0.140. The molecular formula is C14H22N2O3. The van der Waals surface area contributed by atoms with Gasteiger partial charge in [-0.25, -0.2) is 4.79 Å². The number of carbonyl (C=O) groups is 2. The molecule has 0 aromatic rings. The van der Waals surface area contributed by atoms with E-state index in [9.17, 15) is 9.59 Å². The van der Waals surface area contributed by atoms with E-state index in [1.54, 1.807) is 0 Å². The smallest absolute Gasteiger partial charge is 0.314 e. The molecule has 0 unspecified atom stereocenters. The Balaban J connectivity index is 2.42. The van der Waals surface area contributed by atoms with Crippen molar-refractivity contribution in [2.75, 3.05) is 13.1 Å². The third kappa shape index (κ3) is 5.64. The molecule has 0 aromatic heterocycles. The van der Waals surface area contributed by atoms with Crippen LogP contribution in [0.3, 0.4) is 0 Å². The van der Waals surface area contributed by atoms with Crippen molar-refractivity contribution in [3.63, 3.8) is 0 Å². The van der Waals surface area contributed by atoms with Crippen LogP contribution in [0.4, 0.5) is 4.79 Å². The van der Waals surface area contributed by atoms with E-state index in [4.69, 9.17) is 11.5 Å². The fourth-order valence-corrected chi connectivity index (χ4v) is 2.62. The maximum Gasteiger partial charge on any atom is 0.314 e. The Morgan fingerprint density at radius 1 is 1.21 bits per heavy atom. The highest BCUT2D eigenvalue weighted by Gasteiger charge is 2.34. The van der Waals surface area contributed by atoms with Gasteiger partial charge in [0.1, 0.15) is 0 Å². The van der Waals surface area contributed by atoms with Gasteiger partial charge >= 0.3 is 12.0 Å². The zero-order valence-electron chi connectivity index (χ0n) is 11.2. The summed E-state index contributed by atoms with van der Waals surface area (Å²) in [5.74, 6) is 1.65. The normalized spacial score (nSPS) is 17.2. The molecule has 0 saturated heterocycles. The molecule has 1 saturated carbocycles. The van der Waals surface area contributed by atoms with Crippen LogP contribution in [0.2, 0.25) is 0 Å². The highest BCUT2D eigenvalue weighted by Crippen LogP contribution is 2.38. The lowest BCUT2D eigenvalue weighted by Crippen LogP contribution is -2.44. The summed E-state index contributed by atoms with van der Waals surface area (Å²) in [6.45, 7) is 0.857. The van der Waals surface area contributed by atoms with Crippen LogP contribution in [-0.4, -0.2) is 30.2 Å². The first-order valence-corrected chi connectivity index (χ1v) is 6.75. The van der Waals surface area contributed by atoms with Crippen molar-refractivity contribution in [3.05, 3.63) is 0 Å². The molecule has 1 aliphatic rings. The number of carbonyl (C=O) groups excluding carboxylic acids is 1. The van der Waals surface area contributed by atoms with Crippen molar-refractivity contribution in [2.24, 2.45) is 5.41 Å². The van der Waals surface area contributed by atoms with E-state index >= 15 is 0 Å². The number of carboxylic acid groups (broad SMARTS) is 1. The molecule has 2 amide bonds. The van der Waals surface area contributed by atoms with Crippen LogP contribution in [0, 0.1) is 17.8 Å². The predicted molar refractivity (Wildman–Crippen MR) is 72.6 cm³/mol. The Labute approximate surface area is 114 Å². The van der Waals surface area contributed by atoms with Gasteiger partial charge in [-0.15, -0.1) is 12.3 Å². The molecule has 106 valence electrons. The zero-order valence-corrected chi connectivity index (χ0v) is 11.2. The molecule has 0 aromatic carbocycles. The van der Waals surface area contributed by atoms with E-state index < -0.39 is 5.97 Å². The molecule has 1 rings (SSSR count). The largest absolute Gasteiger partial charge is 0.481 e. The van der Waals surface area contributed by atoms with E-state index in [1.165, 1.54) is 0 Å². The number of hydrogen-bond acceptors (Lipinski definition) is 2. The zero-order chi connectivity index (χ0) is 14.1. The van der Waals surface area contributed by atoms with Crippen LogP contribution in [0.1, 0.15) is 44.9 Å². The minimum atomic E-state index is -0.795. The lowest BCUT2D eigenvalue weighted by atomic mass is 9.72. The van der Waals surface area contributed by atoms with E-state index in [1.807, 2.05) is 0 Å². The highest BCUT2D eigenvalue weighted by atomic mass is 16.4. The topological polar surface area (TPSA) is 78.4 Å². The van der Waals surface area contributed by atoms with Crippen molar-refractivity contribution >= 4 is 12.0 Å². The summed E-state index contributed by atoms with van der Waals surface area (Å²) >= 11 is 0. The molecular weight excluding hydrogens is 244 g/mol. The van der Waals surface area contributed by atoms with Crippen LogP contribution in [0.25, 0.3) is 0 Å². The summed E-state index contributed by atoms with van der Waals surface area (Å²) in [6.07, 6.45) is 10.7. The SMILES string of the molecule is C#CCCNC(=O)NCC1(CC(=O)O)CCCCC1. The second-order valence-corrected chi connectivity index (χ2v) is 5.19. The number of amides is 2. The molecule has 0 radical (unpaired) electrons. The summed E-state index contributed by atoms with van der Waals surface area (Å²) in [5.41, 5.74) is -0.284. The van der Waals surface area contributed by atoms with E-state index in [0.717, 1.165) is 32.1 Å². The van der Waals surface area contributed by atoms with Crippen LogP contribution in [-0.2, 0) is 4.79 Å². The number of aliphatic carboxylic acids is 1. The predicted octanol–water partition coefficient (Wildman–Crippen LogP) is 1.73. The Morgan fingerprint density at radius 3 is 2.47 bits per heavy atom. The van der Waals surface area contributed by atoms with Gasteiger partial charge < -0.3 is 15.7 Å². The first-order valence-electron chi connectivity index (χ1n) is 6.75. The average Bonchev–Trinajstić information content (AvgIpc) is 2.37. The molecule has 0 heterocycles. The molecule has 0 atom stereocenters. The quantitative estimate of drug-likeness (QED) is 0.506. The van der Waals surface area contributed by atoms with Crippen LogP contribution >= 0.6 is 0 Å². The van der Waals surface area contributed by atoms with Gasteiger partial charge in [0.2, 0.25) is 0 Å². The number of hydrogen-bond donors (Lipinski definition) is 3. The van der Waals surface area contributed by atoms with Gasteiger partial charge in [-0.05, 0) is 18.3 Å². The van der Waals surface area contributed by atoms with Gasteiger partial charge in [0.25, 0.3) is 0 Å². The second kappa shape index (κ2) is 7.67. The number of urea groups is 1. The van der Waals surface area contributed by atoms with Crippen LogP contribution < -0.4 is 10.6 Å². The van der Waals surface area contributed by atoms with Crippen molar-refractivity contribution < 1.29 is 14.7 Å². The van der Waals surface area contributed by atoms with Crippen molar-refractivity contribution in [3.8, 4) is 12.3 Å². The van der Waals surface area contributed by atoms with E-state index in [2.05, 4.69) is 16.6 Å². The summed E-state index contributed by atoms with van der Waals surface area (Å²) in [4.78, 5) is 22.5. The second-order valence-electron chi connectivity index (χ2n) is 5.19. The van der Waals surface area contributed by atoms with Gasteiger partial charge in [-0.2, -0.15) is 0 Å². The van der Waals surface area contributed by atoms with Crippen LogP contribution in [0.5, 0.6) is 0 Å². The Kier molecular flexibility index (Phi) is 6.20. The summed E-state index contributed by atoms with van der Waals surface area (Å²) in [7, 11) is 0. The summed E-state index contributed by atoms with van der Waals surface area (Å²) < 4.78 is 0. The standard InChI is InChI=1S/C14H22N2O3/c1-2-3-9-15-13(19)16-11-14(10-12(17)18)7-5-4-6-8-14/h1H,3-11H2,(H,17,18)(H2,15,16,19). The summed E-state index contributed by atoms with van der Waals surface area (Å²) in [6, 6.07) is -0.273. The fraction of sp³-hybridized carbons (Fsp3) is 0.714. The molecule has 0 spiro atoms. The third-order valence-corrected chi connectivity index (χ3v) is 3.62. The number of carboxylic acids is 1. The number of terminal acetylenes is 1. The van der Waals surface area contributed by atoms with Crippen LogP contribution in [0.15, 0.2) is 0 Å². The third-order valence-electron chi connectivity index (χ3n) is 3.62. The first kappa shape index (κ1) is 15.4. The Bertz CT molecular complexity index is 354. The van der Waals surface area contributed by atoms with Gasteiger partial charge in [-0.1, -0.05) is 19.3 Å². The minimum absolute atomic E-state index is 0.123. The monoisotopic (exact) mass is 266 g/mol. The summed E-state index contributed by atoms with van der Waals surface area (Å²) in [5, 5.41) is 14.4. The molecule has 0 bridgehead atoms. The highest BCUT2D eigenvalue weighted by molar-refractivity contribution is 5.74. The molecule has 1 fully saturated rings. The van der Waals surface area contributed by atoms with Gasteiger partial charge in [-0.3, -0.25) is 4.79 Å². The molecule has 3 N–H and O–H groups in total. The van der Waals surface area contributed by atoms with E-state index in [-0.39, 0.29) is 17.9 Å². The number of nitrogens with one attached hydrogen (secondary N) is 2. The average molecular weight is 266 g/mol. The maximum absolute atomic E-state index is 11.6. The van der Waals surface area contributed by atoms with Gasteiger partial charge in [0.05, 0.1) is 6.42 Å².